The van der Waals surface area contributed by atoms with Gasteiger partial charge in [0.25, 0.3) is 0 Å². The summed E-state index contributed by atoms with van der Waals surface area (Å²) in [6.45, 7) is 5.16. The molecule has 0 spiro atoms. The van der Waals surface area contributed by atoms with Crippen LogP contribution in [0.25, 0.3) is 0 Å². The number of phosphoric acid groups is 1. The summed E-state index contributed by atoms with van der Waals surface area (Å²) in [5.41, 5.74) is 0. The lowest BCUT2D eigenvalue weighted by atomic mass is 10.1. The van der Waals surface area contributed by atoms with Crippen LogP contribution in [0.4, 0.5) is 0 Å². The van der Waals surface area contributed by atoms with Crippen molar-refractivity contribution in [2.24, 2.45) is 0 Å². The molecule has 0 aromatic rings. The van der Waals surface area contributed by atoms with Gasteiger partial charge in [-0.25, -0.2) is 9.45 Å². The second kappa shape index (κ2) is 16.9. The van der Waals surface area contributed by atoms with Crippen LogP contribution in [0.3, 0.4) is 0 Å². The first-order valence-corrected chi connectivity index (χ1v) is 10.5. The number of ether oxygens (including phenoxy) is 1. The van der Waals surface area contributed by atoms with Crippen LogP contribution in [-0.4, -0.2) is 31.3 Å². The second-order valence-corrected chi connectivity index (χ2v) is 6.92. The minimum atomic E-state index is -4.11. The smallest absolute Gasteiger partial charge is 0.379 e. The highest BCUT2D eigenvalue weighted by Crippen LogP contribution is 2.43. The number of phosphoric ester groups is 1. The van der Waals surface area contributed by atoms with E-state index in [0.717, 1.165) is 12.8 Å². The van der Waals surface area contributed by atoms with Gasteiger partial charge in [-0.1, -0.05) is 64.7 Å². The molecule has 7 heteroatoms. The van der Waals surface area contributed by atoms with Crippen molar-refractivity contribution in [1.29, 1.82) is 0 Å². The topological polar surface area (TPSA) is 74.2 Å². The Morgan fingerprint density at radius 3 is 1.91 bits per heavy atom. The van der Waals surface area contributed by atoms with E-state index in [4.69, 9.17) is 9.62 Å². The zero-order valence-electron chi connectivity index (χ0n) is 14.8. The third-order valence-electron chi connectivity index (χ3n) is 3.41. The molecule has 0 radical (unpaired) electrons. The van der Waals surface area contributed by atoms with Crippen LogP contribution in [-0.2, 0) is 23.4 Å². The molecule has 0 heterocycles. The molecule has 0 aliphatic rings. The van der Waals surface area contributed by atoms with Crippen molar-refractivity contribution in [2.75, 3.05) is 26.4 Å². The predicted octanol–water partition coefficient (Wildman–Crippen LogP) is 5.01. The maximum atomic E-state index is 11.4. The van der Waals surface area contributed by atoms with Gasteiger partial charge in [0.1, 0.15) is 0 Å². The second-order valence-electron chi connectivity index (χ2n) is 5.58. The maximum Gasteiger partial charge on any atom is 0.499 e. The minimum Gasteiger partial charge on any atom is -0.379 e. The van der Waals surface area contributed by atoms with Gasteiger partial charge in [-0.05, 0) is 13.3 Å². The van der Waals surface area contributed by atoms with E-state index in [2.05, 4.69) is 16.1 Å². The van der Waals surface area contributed by atoms with Gasteiger partial charge in [0, 0.05) is 6.61 Å². The Morgan fingerprint density at radius 2 is 1.35 bits per heavy atom. The van der Waals surface area contributed by atoms with Crippen LogP contribution in [0, 0.1) is 0 Å². The van der Waals surface area contributed by atoms with E-state index >= 15 is 0 Å². The summed E-state index contributed by atoms with van der Waals surface area (Å²) in [6.07, 6.45) is 12.2. The van der Waals surface area contributed by atoms with Gasteiger partial charge in [0.2, 0.25) is 0 Å². The molecule has 23 heavy (non-hydrogen) atoms. The molecular formula is C16H35O6P. The summed E-state index contributed by atoms with van der Waals surface area (Å²) in [7, 11) is -4.11. The van der Waals surface area contributed by atoms with Gasteiger partial charge < -0.3 is 9.63 Å². The van der Waals surface area contributed by atoms with Crippen LogP contribution in [0.1, 0.15) is 78.1 Å². The van der Waals surface area contributed by atoms with E-state index in [-0.39, 0.29) is 13.2 Å². The minimum absolute atomic E-state index is 0.00321. The van der Waals surface area contributed by atoms with E-state index in [1.54, 1.807) is 0 Å². The Morgan fingerprint density at radius 1 is 0.783 bits per heavy atom. The van der Waals surface area contributed by atoms with Crippen molar-refractivity contribution in [3.05, 3.63) is 0 Å². The monoisotopic (exact) mass is 354 g/mol. The molecule has 0 bridgehead atoms. The highest BCUT2D eigenvalue weighted by atomic mass is 31.2. The molecule has 1 atom stereocenters. The number of unbranched alkanes of at least 4 members (excludes halogenated alkanes) is 9. The molecular weight excluding hydrogens is 319 g/mol. The zero-order valence-corrected chi connectivity index (χ0v) is 15.7. The van der Waals surface area contributed by atoms with Crippen LogP contribution in [0.2, 0.25) is 0 Å². The fourth-order valence-electron chi connectivity index (χ4n) is 2.13. The Kier molecular flexibility index (Phi) is 16.9. The highest BCUT2D eigenvalue weighted by Gasteiger charge is 2.22. The molecule has 6 nitrogen and oxygen atoms in total. The molecule has 0 aromatic carbocycles. The third-order valence-corrected chi connectivity index (χ3v) is 4.22. The Labute approximate surface area is 141 Å². The van der Waals surface area contributed by atoms with Crippen molar-refractivity contribution in [3.63, 3.8) is 0 Å². The van der Waals surface area contributed by atoms with E-state index in [1.807, 2.05) is 6.92 Å². The quantitative estimate of drug-likeness (QED) is 0.161. The SMILES string of the molecule is CCCCCCCCCCCCOOP(=O)(O)OCCOCC. The molecule has 0 aromatic heterocycles. The number of rotatable bonds is 18. The lowest BCUT2D eigenvalue weighted by Crippen LogP contribution is -2.05. The van der Waals surface area contributed by atoms with Crippen molar-refractivity contribution < 1.29 is 28.3 Å². The molecule has 0 aliphatic carbocycles. The van der Waals surface area contributed by atoms with Crippen molar-refractivity contribution >= 4 is 7.82 Å². The van der Waals surface area contributed by atoms with E-state index in [1.165, 1.54) is 51.4 Å². The first-order chi connectivity index (χ1) is 11.1. The summed E-state index contributed by atoms with van der Waals surface area (Å²) in [5.74, 6) is 0. The standard InChI is InChI=1S/C16H35O6P/c1-3-5-6-7-8-9-10-11-12-13-14-20-22-23(17,18)21-16-15-19-4-2/h3-16H2,1-2H3,(H,17,18). The Bertz CT molecular complexity index is 288. The van der Waals surface area contributed by atoms with Crippen molar-refractivity contribution in [1.82, 2.24) is 0 Å². The van der Waals surface area contributed by atoms with Crippen LogP contribution < -0.4 is 0 Å². The third kappa shape index (κ3) is 18.2. The molecule has 0 aliphatic heterocycles. The molecule has 140 valence electrons. The fraction of sp³-hybridized carbons (Fsp3) is 1.00. The van der Waals surface area contributed by atoms with Crippen LogP contribution in [0.15, 0.2) is 0 Å². The molecule has 0 fully saturated rings. The number of hydrogen-bond acceptors (Lipinski definition) is 5. The molecule has 0 amide bonds. The van der Waals surface area contributed by atoms with Crippen LogP contribution in [0.5, 0.6) is 0 Å². The maximum absolute atomic E-state index is 11.4. The first-order valence-electron chi connectivity index (χ1n) is 8.98. The average molecular weight is 354 g/mol. The zero-order chi connectivity index (χ0) is 17.2. The molecule has 1 unspecified atom stereocenters. The van der Waals surface area contributed by atoms with Gasteiger partial charge in [-0.15, -0.1) is 4.67 Å². The van der Waals surface area contributed by atoms with Gasteiger partial charge in [0.15, 0.2) is 0 Å². The van der Waals surface area contributed by atoms with E-state index in [9.17, 15) is 9.46 Å². The summed E-state index contributed by atoms with van der Waals surface area (Å²) < 4.78 is 25.5. The Hall–Kier alpha value is 0.0300. The van der Waals surface area contributed by atoms with E-state index < -0.39 is 7.82 Å². The van der Waals surface area contributed by atoms with Gasteiger partial charge in [-0.3, -0.25) is 4.52 Å². The van der Waals surface area contributed by atoms with Gasteiger partial charge >= 0.3 is 7.82 Å². The summed E-state index contributed by atoms with van der Waals surface area (Å²) in [4.78, 5) is 14.1. The fourth-order valence-corrected chi connectivity index (χ4v) is 2.69. The van der Waals surface area contributed by atoms with Gasteiger partial charge in [0.05, 0.1) is 19.8 Å². The average Bonchev–Trinajstić information content (AvgIpc) is 2.52. The van der Waals surface area contributed by atoms with Crippen molar-refractivity contribution in [3.8, 4) is 0 Å². The molecule has 1 N–H and O–H groups in total. The largest absolute Gasteiger partial charge is 0.499 e. The van der Waals surface area contributed by atoms with Crippen molar-refractivity contribution in [2.45, 2.75) is 78.1 Å². The normalized spacial score (nSPS) is 14.0. The number of hydrogen-bond donors (Lipinski definition) is 1. The highest BCUT2D eigenvalue weighted by molar-refractivity contribution is 7.47. The summed E-state index contributed by atoms with van der Waals surface area (Å²) in [6, 6.07) is 0. The Balaban J connectivity index is 3.26. The lowest BCUT2D eigenvalue weighted by Gasteiger charge is -2.10. The molecule has 0 rings (SSSR count). The molecule has 0 saturated carbocycles. The summed E-state index contributed by atoms with van der Waals surface area (Å²) >= 11 is 0. The van der Waals surface area contributed by atoms with Crippen LogP contribution >= 0.6 is 7.82 Å². The van der Waals surface area contributed by atoms with E-state index in [0.29, 0.717) is 13.2 Å². The molecule has 0 saturated heterocycles. The lowest BCUT2D eigenvalue weighted by molar-refractivity contribution is -0.225. The first kappa shape index (κ1) is 23.0. The summed E-state index contributed by atoms with van der Waals surface area (Å²) in [5, 5.41) is 0. The predicted molar refractivity (Wildman–Crippen MR) is 91.2 cm³/mol. The van der Waals surface area contributed by atoms with Gasteiger partial charge in [-0.2, -0.15) is 0 Å².